The molecule has 19 heteroatoms. The highest BCUT2D eigenvalue weighted by Crippen LogP contribution is 2.36. The fraction of sp³-hybridized carbons (Fsp3) is 0.224. The Balaban J connectivity index is 0.000000170. The van der Waals surface area contributed by atoms with Crippen LogP contribution in [0.1, 0.15) is 31.8 Å². The van der Waals surface area contributed by atoms with Gasteiger partial charge in [0.1, 0.15) is 10.4 Å². The number of fused-ring (bicyclic) bond motifs is 2. The summed E-state index contributed by atoms with van der Waals surface area (Å²) < 4.78 is 84.3. The summed E-state index contributed by atoms with van der Waals surface area (Å²) in [6.45, 7) is 4.18. The average Bonchev–Trinajstić information content (AvgIpc) is 4.08. The second-order valence-corrected chi connectivity index (χ2v) is 19.5. The van der Waals surface area contributed by atoms with E-state index in [1.807, 2.05) is 60.7 Å². The van der Waals surface area contributed by atoms with Gasteiger partial charge in [0.05, 0.1) is 55.8 Å². The Morgan fingerprint density at radius 1 is 0.529 bits per heavy atom. The molecule has 0 aliphatic carbocycles. The number of anilines is 2. The Hall–Kier alpha value is -7.32. The van der Waals surface area contributed by atoms with Gasteiger partial charge in [-0.25, -0.2) is 21.5 Å². The maximum absolute atomic E-state index is 13.9. The van der Waals surface area contributed by atoms with Crippen LogP contribution in [0.4, 0.5) is 11.4 Å². The van der Waals surface area contributed by atoms with Crippen LogP contribution in [-0.2, 0) is 42.6 Å². The quantitative estimate of drug-likeness (QED) is 0.131. The monoisotopic (exact) mass is 958 g/mol. The van der Waals surface area contributed by atoms with Crippen LogP contribution in [0.5, 0.6) is 11.5 Å². The summed E-state index contributed by atoms with van der Waals surface area (Å²) in [5, 5.41) is 7.58. The number of rotatable bonds is 12. The molecule has 0 radical (unpaired) electrons. The Kier molecular flexibility index (Phi) is 13.7. The Morgan fingerprint density at radius 2 is 1.04 bits per heavy atom. The molecule has 2 saturated heterocycles. The SMILES string of the molecule is O=C(c1cccc(N(Cc2ccccc2)S(=O)(=O)c2ccc3c(c2)OCO3)c1)N1CCOCC1.O=C(c1cccc(N(Cc2ccccc2)S(=O)(=O)c2cccc3nonc23)c1)N1CCOCC1. The minimum atomic E-state index is -4.09. The fourth-order valence-corrected chi connectivity index (χ4v) is 10.9. The zero-order chi connectivity index (χ0) is 47.1. The van der Waals surface area contributed by atoms with Crippen LogP contribution in [-0.4, -0.2) is 108 Å². The summed E-state index contributed by atoms with van der Waals surface area (Å²) in [4.78, 5) is 29.6. The van der Waals surface area contributed by atoms with Crippen LogP contribution in [0.2, 0.25) is 0 Å². The van der Waals surface area contributed by atoms with Gasteiger partial charge in [0, 0.05) is 43.4 Å². The predicted molar refractivity (Wildman–Crippen MR) is 250 cm³/mol. The molecule has 350 valence electrons. The van der Waals surface area contributed by atoms with E-state index in [9.17, 15) is 26.4 Å². The molecule has 68 heavy (non-hydrogen) atoms. The van der Waals surface area contributed by atoms with Gasteiger partial charge in [-0.3, -0.25) is 18.2 Å². The molecule has 17 nitrogen and oxygen atoms in total. The van der Waals surface area contributed by atoms with Crippen molar-refractivity contribution >= 4 is 54.3 Å². The van der Waals surface area contributed by atoms with Gasteiger partial charge in [0.25, 0.3) is 31.9 Å². The van der Waals surface area contributed by atoms with E-state index in [0.29, 0.717) is 92.1 Å². The summed E-state index contributed by atoms with van der Waals surface area (Å²) >= 11 is 0. The molecule has 0 saturated carbocycles. The van der Waals surface area contributed by atoms with Gasteiger partial charge < -0.3 is 28.7 Å². The highest BCUT2D eigenvalue weighted by molar-refractivity contribution is 7.93. The van der Waals surface area contributed by atoms with Gasteiger partial charge in [-0.05, 0) is 82.1 Å². The summed E-state index contributed by atoms with van der Waals surface area (Å²) in [6, 6.07) is 41.3. The van der Waals surface area contributed by atoms with Gasteiger partial charge in [-0.1, -0.05) is 78.9 Å². The summed E-state index contributed by atoms with van der Waals surface area (Å²) in [7, 11) is -8.08. The first kappa shape index (κ1) is 45.8. The van der Waals surface area contributed by atoms with Crippen LogP contribution in [0.3, 0.4) is 0 Å². The number of hydrogen-bond acceptors (Lipinski definition) is 13. The molecule has 4 heterocycles. The van der Waals surface area contributed by atoms with Gasteiger partial charge >= 0.3 is 0 Å². The third-order valence-corrected chi connectivity index (χ3v) is 15.0. The van der Waals surface area contributed by atoms with Gasteiger partial charge in [-0.15, -0.1) is 0 Å². The van der Waals surface area contributed by atoms with Gasteiger partial charge in [-0.2, -0.15) is 0 Å². The smallest absolute Gasteiger partial charge is 0.266 e. The maximum atomic E-state index is 13.9. The number of benzene rings is 6. The minimum Gasteiger partial charge on any atom is -0.454 e. The Labute approximate surface area is 393 Å². The molecule has 3 aliphatic rings. The number of nitrogens with zero attached hydrogens (tertiary/aromatic N) is 6. The molecular formula is C49H46N6O11S2. The number of morpholine rings is 2. The molecule has 0 unspecified atom stereocenters. The van der Waals surface area contributed by atoms with Crippen molar-refractivity contribution in [3.63, 3.8) is 0 Å². The lowest BCUT2D eigenvalue weighted by Gasteiger charge is -2.28. The molecular weight excluding hydrogens is 913 g/mol. The van der Waals surface area contributed by atoms with Crippen molar-refractivity contribution in [3.8, 4) is 11.5 Å². The van der Waals surface area contributed by atoms with E-state index in [1.54, 1.807) is 76.5 Å². The molecule has 1 aromatic heterocycles. The normalized spacial score (nSPS) is 14.8. The number of carbonyl (C=O) groups is 2. The molecule has 7 aromatic rings. The number of ether oxygens (including phenoxy) is 4. The van der Waals surface area contributed by atoms with Crippen molar-refractivity contribution in [2.75, 3.05) is 68.0 Å². The molecule has 3 aliphatic heterocycles. The van der Waals surface area contributed by atoms with E-state index in [2.05, 4.69) is 10.3 Å². The van der Waals surface area contributed by atoms with Crippen LogP contribution in [0.25, 0.3) is 11.0 Å². The van der Waals surface area contributed by atoms with E-state index in [1.165, 1.54) is 26.8 Å². The molecule has 0 bridgehead atoms. The van der Waals surface area contributed by atoms with Crippen LogP contribution in [0, 0.1) is 0 Å². The lowest BCUT2D eigenvalue weighted by Crippen LogP contribution is -2.40. The van der Waals surface area contributed by atoms with Crippen molar-refractivity contribution in [2.24, 2.45) is 0 Å². The number of carbonyl (C=O) groups excluding carboxylic acids is 2. The summed E-state index contributed by atoms with van der Waals surface area (Å²) in [6.07, 6.45) is 0. The maximum Gasteiger partial charge on any atom is 0.266 e. The standard InChI is InChI=1S/C25H24N2O6S.C24H22N4O5S/c28-25(26-11-13-31-14-12-26)20-7-4-8-21(15-20)27(17-19-5-2-1-3-6-19)34(29,30)22-9-10-23-24(16-22)33-18-32-23;29-24(27-12-14-32-15-13-27)19-8-4-9-20(16-19)28(17-18-6-2-1-3-7-18)34(30,31)22-11-5-10-21-23(22)26-33-25-21/h1-10,15-16H,11-14,17-18H2;1-11,16H,12-15,17H2. The highest BCUT2D eigenvalue weighted by atomic mass is 32.2. The second kappa shape index (κ2) is 20.3. The first-order valence-electron chi connectivity index (χ1n) is 21.7. The number of aromatic nitrogens is 2. The fourth-order valence-electron chi connectivity index (χ4n) is 7.89. The zero-order valence-corrected chi connectivity index (χ0v) is 38.3. The Bertz CT molecular complexity index is 3130. The van der Waals surface area contributed by atoms with Gasteiger partial charge in [0.2, 0.25) is 6.79 Å². The summed E-state index contributed by atoms with van der Waals surface area (Å²) in [5.74, 6) is 0.582. The number of hydrogen-bond donors (Lipinski definition) is 0. The molecule has 0 atom stereocenters. The first-order chi connectivity index (χ1) is 33.1. The van der Waals surface area contributed by atoms with Crippen molar-refractivity contribution in [1.29, 1.82) is 0 Å². The van der Waals surface area contributed by atoms with E-state index < -0.39 is 20.0 Å². The van der Waals surface area contributed by atoms with E-state index in [-0.39, 0.29) is 47.0 Å². The molecule has 0 N–H and O–H groups in total. The lowest BCUT2D eigenvalue weighted by atomic mass is 10.1. The van der Waals surface area contributed by atoms with Crippen LogP contribution in [0.15, 0.2) is 160 Å². The van der Waals surface area contributed by atoms with E-state index in [4.69, 9.17) is 23.6 Å². The van der Waals surface area contributed by atoms with E-state index >= 15 is 0 Å². The molecule has 10 rings (SSSR count). The van der Waals surface area contributed by atoms with E-state index in [0.717, 1.165) is 11.1 Å². The van der Waals surface area contributed by atoms with Crippen LogP contribution >= 0.6 is 0 Å². The molecule has 0 spiro atoms. The third kappa shape index (κ3) is 10.0. The molecule has 2 amide bonds. The largest absolute Gasteiger partial charge is 0.454 e. The highest BCUT2D eigenvalue weighted by Gasteiger charge is 2.31. The van der Waals surface area contributed by atoms with Crippen molar-refractivity contribution < 1.29 is 50.0 Å². The topological polar surface area (TPSA) is 191 Å². The minimum absolute atomic E-state index is 0.0212. The summed E-state index contributed by atoms with van der Waals surface area (Å²) in [5.41, 5.74) is 3.72. The lowest BCUT2D eigenvalue weighted by molar-refractivity contribution is 0.0301. The predicted octanol–water partition coefficient (Wildman–Crippen LogP) is 6.37. The second-order valence-electron chi connectivity index (χ2n) is 15.8. The average molecular weight is 959 g/mol. The van der Waals surface area contributed by atoms with Gasteiger partial charge in [0.15, 0.2) is 17.0 Å². The first-order valence-corrected chi connectivity index (χ1v) is 24.6. The number of amides is 2. The third-order valence-electron chi connectivity index (χ3n) is 11.4. The van der Waals surface area contributed by atoms with Crippen molar-refractivity contribution in [3.05, 3.63) is 168 Å². The number of sulfonamides is 2. The molecule has 2 fully saturated rings. The zero-order valence-electron chi connectivity index (χ0n) is 36.6. The Morgan fingerprint density at radius 3 is 1.60 bits per heavy atom. The van der Waals surface area contributed by atoms with Crippen molar-refractivity contribution in [1.82, 2.24) is 20.1 Å². The van der Waals surface area contributed by atoms with Crippen molar-refractivity contribution in [2.45, 2.75) is 22.9 Å². The molecule has 6 aromatic carbocycles. The van der Waals surface area contributed by atoms with Crippen LogP contribution < -0.4 is 18.1 Å².